The maximum atomic E-state index is 5.79. The van der Waals surface area contributed by atoms with E-state index in [4.69, 9.17) is 4.74 Å². The summed E-state index contributed by atoms with van der Waals surface area (Å²) in [5.74, 6) is 0. The van der Waals surface area contributed by atoms with E-state index in [1.807, 2.05) is 0 Å². The van der Waals surface area contributed by atoms with Crippen LogP contribution < -0.4 is 0 Å². The summed E-state index contributed by atoms with van der Waals surface area (Å²) in [5.41, 5.74) is 0.508. The average Bonchev–Trinajstić information content (AvgIpc) is 2.42. The Bertz CT molecular complexity index is 296. The lowest BCUT2D eigenvalue weighted by atomic mass is 9.90. The SMILES string of the molecule is CC(C)(C)CCCCN1CCN(CCCCOC(C)(C)C)CC1. The van der Waals surface area contributed by atoms with Crippen molar-refractivity contribution in [2.75, 3.05) is 45.9 Å². The molecule has 1 rings (SSSR count). The van der Waals surface area contributed by atoms with Gasteiger partial charge in [-0.2, -0.15) is 0 Å². The lowest BCUT2D eigenvalue weighted by Crippen LogP contribution is -2.46. The lowest BCUT2D eigenvalue weighted by molar-refractivity contribution is -0.00567. The topological polar surface area (TPSA) is 15.7 Å². The molecule has 138 valence electrons. The minimum Gasteiger partial charge on any atom is -0.376 e. The fourth-order valence-electron chi connectivity index (χ4n) is 3.04. The van der Waals surface area contributed by atoms with Crippen molar-refractivity contribution >= 4 is 0 Å². The highest BCUT2D eigenvalue weighted by molar-refractivity contribution is 4.72. The van der Waals surface area contributed by atoms with E-state index in [9.17, 15) is 0 Å². The van der Waals surface area contributed by atoms with Crippen LogP contribution in [0.1, 0.15) is 73.6 Å². The van der Waals surface area contributed by atoms with Crippen molar-refractivity contribution in [3.8, 4) is 0 Å². The molecule has 0 unspecified atom stereocenters. The fraction of sp³-hybridized carbons (Fsp3) is 1.00. The molecule has 0 bridgehead atoms. The minimum atomic E-state index is 0.0125. The molecular formula is C20H42N2O. The van der Waals surface area contributed by atoms with Crippen LogP contribution in [0, 0.1) is 5.41 Å². The van der Waals surface area contributed by atoms with Crippen molar-refractivity contribution in [2.45, 2.75) is 79.2 Å². The number of ether oxygens (including phenoxy) is 1. The molecule has 23 heavy (non-hydrogen) atoms. The summed E-state index contributed by atoms with van der Waals surface area (Å²) in [6.07, 6.45) is 6.54. The van der Waals surface area contributed by atoms with E-state index >= 15 is 0 Å². The van der Waals surface area contributed by atoms with Crippen molar-refractivity contribution in [1.82, 2.24) is 9.80 Å². The van der Waals surface area contributed by atoms with Gasteiger partial charge in [-0.1, -0.05) is 27.2 Å². The molecule has 1 heterocycles. The average molecular weight is 327 g/mol. The van der Waals surface area contributed by atoms with Gasteiger partial charge in [0.2, 0.25) is 0 Å². The van der Waals surface area contributed by atoms with Crippen LogP contribution in [0.15, 0.2) is 0 Å². The highest BCUT2D eigenvalue weighted by Crippen LogP contribution is 2.21. The lowest BCUT2D eigenvalue weighted by Gasteiger charge is -2.35. The second-order valence-corrected chi connectivity index (χ2v) is 9.37. The van der Waals surface area contributed by atoms with E-state index in [2.05, 4.69) is 51.3 Å². The highest BCUT2D eigenvalue weighted by Gasteiger charge is 2.17. The Labute approximate surface area is 145 Å². The summed E-state index contributed by atoms with van der Waals surface area (Å²) in [7, 11) is 0. The smallest absolute Gasteiger partial charge is 0.0598 e. The van der Waals surface area contributed by atoms with Crippen LogP contribution in [-0.4, -0.2) is 61.3 Å². The van der Waals surface area contributed by atoms with Gasteiger partial charge in [-0.05, 0) is 65.0 Å². The maximum absolute atomic E-state index is 5.79. The largest absolute Gasteiger partial charge is 0.376 e. The van der Waals surface area contributed by atoms with Gasteiger partial charge in [-0.15, -0.1) is 0 Å². The molecule has 0 amide bonds. The van der Waals surface area contributed by atoms with Crippen LogP contribution in [0.5, 0.6) is 0 Å². The van der Waals surface area contributed by atoms with Gasteiger partial charge in [0, 0.05) is 32.8 Å². The van der Waals surface area contributed by atoms with Crippen LogP contribution in [0.3, 0.4) is 0 Å². The summed E-state index contributed by atoms with van der Waals surface area (Å²) in [4.78, 5) is 5.28. The van der Waals surface area contributed by atoms with Crippen molar-refractivity contribution in [2.24, 2.45) is 5.41 Å². The van der Waals surface area contributed by atoms with Crippen molar-refractivity contribution < 1.29 is 4.74 Å². The van der Waals surface area contributed by atoms with Gasteiger partial charge in [0.15, 0.2) is 0 Å². The molecule has 0 atom stereocenters. The van der Waals surface area contributed by atoms with Crippen LogP contribution in [-0.2, 0) is 4.74 Å². The molecule has 0 aromatic rings. The molecule has 0 aliphatic carbocycles. The second kappa shape index (κ2) is 10.0. The number of nitrogens with zero attached hydrogens (tertiary/aromatic N) is 2. The quantitative estimate of drug-likeness (QED) is 0.584. The predicted octanol–water partition coefficient (Wildman–Crippen LogP) is 4.42. The van der Waals surface area contributed by atoms with Crippen LogP contribution in [0.4, 0.5) is 0 Å². The summed E-state index contributed by atoms with van der Waals surface area (Å²) in [5, 5.41) is 0. The van der Waals surface area contributed by atoms with Gasteiger partial charge in [0.05, 0.1) is 5.60 Å². The first-order valence-corrected chi connectivity index (χ1v) is 9.74. The number of hydrogen-bond donors (Lipinski definition) is 0. The zero-order valence-corrected chi connectivity index (χ0v) is 16.8. The van der Waals surface area contributed by atoms with Gasteiger partial charge in [-0.25, -0.2) is 0 Å². The Balaban J connectivity index is 1.98. The number of rotatable bonds is 9. The van der Waals surface area contributed by atoms with Gasteiger partial charge in [-0.3, -0.25) is 0 Å². The summed E-state index contributed by atoms with van der Waals surface area (Å²) < 4.78 is 5.79. The Morgan fingerprint density at radius 2 is 1.17 bits per heavy atom. The second-order valence-electron chi connectivity index (χ2n) is 9.37. The molecule has 1 fully saturated rings. The zero-order chi connectivity index (χ0) is 17.3. The summed E-state index contributed by atoms with van der Waals surface area (Å²) >= 11 is 0. The molecule has 1 aliphatic heterocycles. The van der Waals surface area contributed by atoms with Gasteiger partial charge < -0.3 is 14.5 Å². The summed E-state index contributed by atoms with van der Waals surface area (Å²) in [6, 6.07) is 0. The van der Waals surface area contributed by atoms with Crippen molar-refractivity contribution in [3.05, 3.63) is 0 Å². The van der Waals surface area contributed by atoms with Crippen LogP contribution >= 0.6 is 0 Å². The Morgan fingerprint density at radius 1 is 0.696 bits per heavy atom. The third kappa shape index (κ3) is 12.0. The van der Waals surface area contributed by atoms with Gasteiger partial charge >= 0.3 is 0 Å². The molecule has 1 saturated heterocycles. The zero-order valence-electron chi connectivity index (χ0n) is 16.8. The molecule has 1 aliphatic rings. The van der Waals surface area contributed by atoms with E-state index in [1.165, 1.54) is 71.4 Å². The van der Waals surface area contributed by atoms with E-state index < -0.39 is 0 Å². The highest BCUT2D eigenvalue weighted by atomic mass is 16.5. The maximum Gasteiger partial charge on any atom is 0.0598 e. The fourth-order valence-corrected chi connectivity index (χ4v) is 3.04. The molecule has 3 heteroatoms. The van der Waals surface area contributed by atoms with Crippen LogP contribution in [0.2, 0.25) is 0 Å². The first-order valence-electron chi connectivity index (χ1n) is 9.74. The summed E-state index contributed by atoms with van der Waals surface area (Å²) in [6.45, 7) is 21.9. The molecule has 0 aromatic heterocycles. The third-order valence-corrected chi connectivity index (χ3v) is 4.52. The molecule has 0 radical (unpaired) electrons. The number of piperazine rings is 1. The van der Waals surface area contributed by atoms with E-state index in [-0.39, 0.29) is 5.60 Å². The Hall–Kier alpha value is -0.120. The van der Waals surface area contributed by atoms with Gasteiger partial charge in [0.1, 0.15) is 0 Å². The van der Waals surface area contributed by atoms with E-state index in [1.54, 1.807) is 0 Å². The molecule has 3 nitrogen and oxygen atoms in total. The van der Waals surface area contributed by atoms with Crippen molar-refractivity contribution in [3.63, 3.8) is 0 Å². The normalized spacial score (nSPS) is 18.5. The first-order chi connectivity index (χ1) is 10.7. The molecular weight excluding hydrogens is 284 g/mol. The standard InChI is InChI=1S/C20H42N2O/c1-19(2,3)11-7-8-12-21-14-16-22(17-15-21)13-9-10-18-23-20(4,5)6/h7-18H2,1-6H3. The molecule has 0 N–H and O–H groups in total. The number of hydrogen-bond acceptors (Lipinski definition) is 3. The molecule has 0 aromatic carbocycles. The van der Waals surface area contributed by atoms with Gasteiger partial charge in [0.25, 0.3) is 0 Å². The predicted molar refractivity (Wildman–Crippen MR) is 101 cm³/mol. The van der Waals surface area contributed by atoms with E-state index in [0.29, 0.717) is 5.41 Å². The third-order valence-electron chi connectivity index (χ3n) is 4.52. The number of unbranched alkanes of at least 4 members (excludes halogenated alkanes) is 2. The Morgan fingerprint density at radius 3 is 1.61 bits per heavy atom. The first kappa shape index (κ1) is 20.9. The molecule has 0 saturated carbocycles. The van der Waals surface area contributed by atoms with E-state index in [0.717, 1.165) is 6.61 Å². The minimum absolute atomic E-state index is 0.0125. The Kier molecular flexibility index (Phi) is 9.10. The van der Waals surface area contributed by atoms with Crippen LogP contribution in [0.25, 0.3) is 0 Å². The monoisotopic (exact) mass is 326 g/mol. The van der Waals surface area contributed by atoms with Crippen molar-refractivity contribution in [1.29, 1.82) is 0 Å². The molecule has 0 spiro atoms.